The minimum absolute atomic E-state index is 0.187. The third-order valence-electron chi connectivity index (χ3n) is 3.70. The van der Waals surface area contributed by atoms with Gasteiger partial charge in [-0.05, 0) is 31.5 Å². The number of halogens is 1. The lowest BCUT2D eigenvalue weighted by atomic mass is 10.1. The normalized spacial score (nSPS) is 16.9. The van der Waals surface area contributed by atoms with Crippen LogP contribution in [-0.4, -0.2) is 53.6 Å². The maximum absolute atomic E-state index is 12.1. The average molecular weight is 286 g/mol. The standard InChI is InChI=1S/C13H20ClN3O2/c1-3-16-6-8-17(9-7-16)12(18)5-4-11-10(2)15-19-13(11)14/h3-9H2,1-2H3. The van der Waals surface area contributed by atoms with Gasteiger partial charge in [0, 0.05) is 38.2 Å². The summed E-state index contributed by atoms with van der Waals surface area (Å²) in [4.78, 5) is 16.4. The van der Waals surface area contributed by atoms with Crippen LogP contribution in [0.25, 0.3) is 0 Å². The number of carbonyl (C=O) groups excluding carboxylic acids is 1. The van der Waals surface area contributed by atoms with Crippen LogP contribution in [0, 0.1) is 6.92 Å². The fraction of sp³-hybridized carbons (Fsp3) is 0.692. The zero-order valence-electron chi connectivity index (χ0n) is 11.5. The van der Waals surface area contributed by atoms with Gasteiger partial charge in [-0.3, -0.25) is 4.79 Å². The molecule has 5 nitrogen and oxygen atoms in total. The predicted molar refractivity (Wildman–Crippen MR) is 73.3 cm³/mol. The summed E-state index contributed by atoms with van der Waals surface area (Å²) in [6.45, 7) is 8.62. The van der Waals surface area contributed by atoms with Crippen LogP contribution in [0.2, 0.25) is 5.22 Å². The van der Waals surface area contributed by atoms with Crippen molar-refractivity contribution in [3.8, 4) is 0 Å². The first-order valence-electron chi connectivity index (χ1n) is 6.72. The summed E-state index contributed by atoms with van der Waals surface area (Å²) < 4.78 is 4.89. The maximum atomic E-state index is 12.1. The van der Waals surface area contributed by atoms with Crippen LogP contribution < -0.4 is 0 Å². The Morgan fingerprint density at radius 1 is 1.37 bits per heavy atom. The lowest BCUT2D eigenvalue weighted by molar-refractivity contribution is -0.132. The fourth-order valence-corrected chi connectivity index (χ4v) is 2.61. The molecule has 1 amide bonds. The summed E-state index contributed by atoms with van der Waals surface area (Å²) in [5.41, 5.74) is 1.62. The van der Waals surface area contributed by atoms with Gasteiger partial charge in [0.15, 0.2) is 0 Å². The number of rotatable bonds is 4. The number of piperazine rings is 1. The monoisotopic (exact) mass is 285 g/mol. The molecule has 0 spiro atoms. The summed E-state index contributed by atoms with van der Waals surface area (Å²) >= 11 is 5.89. The lowest BCUT2D eigenvalue weighted by Crippen LogP contribution is -2.48. The van der Waals surface area contributed by atoms with Gasteiger partial charge < -0.3 is 14.3 Å². The molecule has 2 rings (SSSR count). The number of aryl methyl sites for hydroxylation is 1. The van der Waals surface area contributed by atoms with E-state index in [1.165, 1.54) is 0 Å². The van der Waals surface area contributed by atoms with E-state index < -0.39 is 0 Å². The molecule has 1 saturated heterocycles. The van der Waals surface area contributed by atoms with Gasteiger partial charge >= 0.3 is 0 Å². The Bertz CT molecular complexity index is 420. The van der Waals surface area contributed by atoms with E-state index in [0.717, 1.165) is 44.0 Å². The van der Waals surface area contributed by atoms with Crippen molar-refractivity contribution in [3.63, 3.8) is 0 Å². The van der Waals surface area contributed by atoms with Crippen LogP contribution in [0.1, 0.15) is 24.6 Å². The summed E-state index contributed by atoms with van der Waals surface area (Å²) in [6.07, 6.45) is 1.06. The van der Waals surface area contributed by atoms with Crippen molar-refractivity contribution in [1.29, 1.82) is 0 Å². The van der Waals surface area contributed by atoms with E-state index in [1.54, 1.807) is 0 Å². The molecule has 0 saturated carbocycles. The van der Waals surface area contributed by atoms with Crippen LogP contribution in [0.3, 0.4) is 0 Å². The van der Waals surface area contributed by atoms with E-state index in [0.29, 0.717) is 18.1 Å². The van der Waals surface area contributed by atoms with Crippen molar-refractivity contribution in [2.45, 2.75) is 26.7 Å². The molecule has 1 fully saturated rings. The molecule has 0 aliphatic carbocycles. The van der Waals surface area contributed by atoms with Gasteiger partial charge in [-0.15, -0.1) is 0 Å². The number of likely N-dealkylation sites (N-methyl/N-ethyl adjacent to an activating group) is 1. The Hall–Kier alpha value is -1.07. The summed E-state index contributed by atoms with van der Waals surface area (Å²) in [7, 11) is 0. The Morgan fingerprint density at radius 3 is 2.58 bits per heavy atom. The van der Waals surface area contributed by atoms with Crippen molar-refractivity contribution in [2.75, 3.05) is 32.7 Å². The smallest absolute Gasteiger partial charge is 0.229 e. The highest BCUT2D eigenvalue weighted by atomic mass is 35.5. The van der Waals surface area contributed by atoms with Gasteiger partial charge in [0.05, 0.1) is 5.69 Å². The fourth-order valence-electron chi connectivity index (χ4n) is 2.34. The van der Waals surface area contributed by atoms with Gasteiger partial charge in [-0.2, -0.15) is 0 Å². The van der Waals surface area contributed by atoms with Crippen LogP contribution in [0.4, 0.5) is 0 Å². The third kappa shape index (κ3) is 3.48. The molecule has 0 radical (unpaired) electrons. The number of hydrogen-bond acceptors (Lipinski definition) is 4. The highest BCUT2D eigenvalue weighted by molar-refractivity contribution is 6.29. The van der Waals surface area contributed by atoms with Crippen molar-refractivity contribution in [3.05, 3.63) is 16.5 Å². The molecule has 1 aromatic rings. The van der Waals surface area contributed by atoms with Gasteiger partial charge in [0.1, 0.15) is 0 Å². The van der Waals surface area contributed by atoms with Gasteiger partial charge in [0.25, 0.3) is 0 Å². The van der Waals surface area contributed by atoms with Crippen molar-refractivity contribution in [2.24, 2.45) is 0 Å². The second-order valence-electron chi connectivity index (χ2n) is 4.84. The molecule has 0 bridgehead atoms. The second kappa shape index (κ2) is 6.39. The molecule has 2 heterocycles. The zero-order valence-corrected chi connectivity index (χ0v) is 12.2. The van der Waals surface area contributed by atoms with E-state index in [-0.39, 0.29) is 5.91 Å². The Kier molecular flexibility index (Phi) is 4.82. The molecule has 1 aliphatic heterocycles. The average Bonchev–Trinajstić information content (AvgIpc) is 2.75. The lowest BCUT2D eigenvalue weighted by Gasteiger charge is -2.34. The first-order valence-corrected chi connectivity index (χ1v) is 7.10. The molecular formula is C13H20ClN3O2. The number of nitrogens with zero attached hydrogens (tertiary/aromatic N) is 3. The van der Waals surface area contributed by atoms with Crippen molar-refractivity contribution < 1.29 is 9.32 Å². The van der Waals surface area contributed by atoms with Crippen LogP contribution in [0.15, 0.2) is 4.52 Å². The molecule has 1 aliphatic rings. The molecular weight excluding hydrogens is 266 g/mol. The Morgan fingerprint density at radius 2 is 2.05 bits per heavy atom. The number of aromatic nitrogens is 1. The first kappa shape index (κ1) is 14.3. The SMILES string of the molecule is CCN1CCN(C(=O)CCc2c(C)noc2Cl)CC1. The van der Waals surface area contributed by atoms with Crippen molar-refractivity contribution >= 4 is 17.5 Å². The molecule has 0 aromatic carbocycles. The van der Waals surface area contributed by atoms with Gasteiger partial charge in [-0.1, -0.05) is 12.1 Å². The highest BCUT2D eigenvalue weighted by Gasteiger charge is 2.21. The number of amides is 1. The largest absolute Gasteiger partial charge is 0.344 e. The minimum atomic E-state index is 0.187. The predicted octanol–water partition coefficient (Wildman–Crippen LogP) is 1.73. The summed E-state index contributed by atoms with van der Waals surface area (Å²) in [5.74, 6) is 0.187. The van der Waals surface area contributed by atoms with Crippen LogP contribution in [-0.2, 0) is 11.2 Å². The quantitative estimate of drug-likeness (QED) is 0.845. The topological polar surface area (TPSA) is 49.6 Å². The van der Waals surface area contributed by atoms with E-state index in [2.05, 4.69) is 17.0 Å². The van der Waals surface area contributed by atoms with E-state index in [9.17, 15) is 4.79 Å². The molecule has 0 atom stereocenters. The molecule has 6 heteroatoms. The summed E-state index contributed by atoms with van der Waals surface area (Å²) in [5, 5.41) is 4.10. The Balaban J connectivity index is 1.82. The van der Waals surface area contributed by atoms with E-state index in [4.69, 9.17) is 16.1 Å². The zero-order chi connectivity index (χ0) is 13.8. The molecule has 1 aromatic heterocycles. The number of hydrogen-bond donors (Lipinski definition) is 0. The van der Waals surface area contributed by atoms with Crippen LogP contribution in [0.5, 0.6) is 0 Å². The molecule has 106 valence electrons. The molecule has 19 heavy (non-hydrogen) atoms. The maximum Gasteiger partial charge on any atom is 0.229 e. The minimum Gasteiger partial charge on any atom is -0.344 e. The summed E-state index contributed by atoms with van der Waals surface area (Å²) in [6, 6.07) is 0. The highest BCUT2D eigenvalue weighted by Crippen LogP contribution is 2.20. The Labute approximate surface area is 118 Å². The van der Waals surface area contributed by atoms with Gasteiger partial charge in [0.2, 0.25) is 11.1 Å². The van der Waals surface area contributed by atoms with Gasteiger partial charge in [-0.25, -0.2) is 0 Å². The van der Waals surface area contributed by atoms with E-state index in [1.807, 2.05) is 11.8 Å². The third-order valence-corrected chi connectivity index (χ3v) is 3.99. The van der Waals surface area contributed by atoms with Crippen LogP contribution >= 0.6 is 11.6 Å². The molecule has 0 unspecified atom stereocenters. The first-order chi connectivity index (χ1) is 9.11. The van der Waals surface area contributed by atoms with Crippen molar-refractivity contribution in [1.82, 2.24) is 15.0 Å². The second-order valence-corrected chi connectivity index (χ2v) is 5.18. The number of carbonyl (C=O) groups is 1. The molecule has 0 N–H and O–H groups in total. The van der Waals surface area contributed by atoms with E-state index >= 15 is 0 Å².